The molecule has 0 aromatic heterocycles. The van der Waals surface area contributed by atoms with Crippen molar-refractivity contribution < 1.29 is 13.9 Å². The lowest BCUT2D eigenvalue weighted by molar-refractivity contribution is 0.102. The molecule has 0 heterocycles. The van der Waals surface area contributed by atoms with Crippen LogP contribution in [0.4, 0.5) is 10.1 Å². The summed E-state index contributed by atoms with van der Waals surface area (Å²) in [6.07, 6.45) is 0.803. The predicted molar refractivity (Wildman–Crippen MR) is 81.5 cm³/mol. The number of hydrogen-bond donors (Lipinski definition) is 1. The van der Waals surface area contributed by atoms with Crippen molar-refractivity contribution in [1.29, 1.82) is 0 Å². The lowest BCUT2D eigenvalue weighted by Gasteiger charge is -2.14. The maximum atomic E-state index is 13.4. The van der Waals surface area contributed by atoms with E-state index >= 15 is 0 Å². The van der Waals surface area contributed by atoms with Crippen LogP contribution < -0.4 is 10.1 Å². The number of hydrogen-bond acceptors (Lipinski definition) is 2. The van der Waals surface area contributed by atoms with Crippen LogP contribution >= 0.6 is 0 Å². The van der Waals surface area contributed by atoms with Gasteiger partial charge in [0, 0.05) is 5.69 Å². The number of aryl methyl sites for hydroxylation is 2. The van der Waals surface area contributed by atoms with E-state index in [-0.39, 0.29) is 11.5 Å². The molecule has 110 valence electrons. The quantitative estimate of drug-likeness (QED) is 0.924. The first-order valence-electron chi connectivity index (χ1n) is 6.80. The summed E-state index contributed by atoms with van der Waals surface area (Å²) >= 11 is 0. The number of para-hydroxylation sites is 1. The van der Waals surface area contributed by atoms with Gasteiger partial charge in [-0.1, -0.05) is 25.1 Å². The Bertz CT molecular complexity index is 668. The third-order valence-electron chi connectivity index (χ3n) is 3.38. The van der Waals surface area contributed by atoms with Gasteiger partial charge in [-0.15, -0.1) is 0 Å². The number of anilines is 1. The second-order valence-corrected chi connectivity index (χ2v) is 4.76. The average molecular weight is 287 g/mol. The van der Waals surface area contributed by atoms with Crippen LogP contribution in [0, 0.1) is 12.7 Å². The predicted octanol–water partition coefficient (Wildman–Crippen LogP) is 3.96. The highest BCUT2D eigenvalue weighted by molar-refractivity contribution is 6.06. The summed E-state index contributed by atoms with van der Waals surface area (Å²) in [7, 11) is 1.45. The van der Waals surface area contributed by atoms with Crippen LogP contribution in [0.3, 0.4) is 0 Å². The fourth-order valence-corrected chi connectivity index (χ4v) is 2.24. The van der Waals surface area contributed by atoms with E-state index in [1.165, 1.54) is 25.3 Å². The third kappa shape index (κ3) is 3.21. The Labute approximate surface area is 123 Å². The first-order valence-corrected chi connectivity index (χ1v) is 6.80. The molecule has 0 saturated heterocycles. The van der Waals surface area contributed by atoms with E-state index in [2.05, 4.69) is 5.32 Å². The molecule has 4 heteroatoms. The molecular formula is C17H18FNO2. The summed E-state index contributed by atoms with van der Waals surface area (Å²) < 4.78 is 18.5. The number of ether oxygens (including phenoxy) is 1. The number of rotatable bonds is 4. The van der Waals surface area contributed by atoms with Crippen molar-refractivity contribution in [1.82, 2.24) is 0 Å². The van der Waals surface area contributed by atoms with Crippen LogP contribution in [0.2, 0.25) is 0 Å². The second-order valence-electron chi connectivity index (χ2n) is 4.76. The number of nitrogens with one attached hydrogen (secondary N) is 1. The van der Waals surface area contributed by atoms with Gasteiger partial charge in [0.15, 0.2) is 0 Å². The van der Waals surface area contributed by atoms with Crippen LogP contribution in [-0.2, 0) is 6.42 Å². The molecule has 0 spiro atoms. The highest BCUT2D eigenvalue weighted by atomic mass is 19.1. The lowest BCUT2D eigenvalue weighted by atomic mass is 10.1. The van der Waals surface area contributed by atoms with Crippen molar-refractivity contribution in [2.45, 2.75) is 20.3 Å². The molecule has 0 bridgehead atoms. The van der Waals surface area contributed by atoms with E-state index in [4.69, 9.17) is 4.74 Å². The molecule has 0 aliphatic carbocycles. The van der Waals surface area contributed by atoms with Crippen molar-refractivity contribution in [2.75, 3.05) is 12.4 Å². The van der Waals surface area contributed by atoms with Crippen molar-refractivity contribution in [3.8, 4) is 5.75 Å². The van der Waals surface area contributed by atoms with Gasteiger partial charge in [0.1, 0.15) is 11.6 Å². The van der Waals surface area contributed by atoms with Crippen molar-refractivity contribution in [3.63, 3.8) is 0 Å². The van der Waals surface area contributed by atoms with Crippen LogP contribution in [0.5, 0.6) is 5.75 Å². The van der Waals surface area contributed by atoms with E-state index in [9.17, 15) is 9.18 Å². The average Bonchev–Trinajstić information content (AvgIpc) is 2.49. The Morgan fingerprint density at radius 3 is 2.71 bits per heavy atom. The van der Waals surface area contributed by atoms with Gasteiger partial charge in [-0.3, -0.25) is 4.79 Å². The molecular weight excluding hydrogens is 269 g/mol. The van der Waals surface area contributed by atoms with Crippen molar-refractivity contribution in [2.24, 2.45) is 0 Å². The first-order chi connectivity index (χ1) is 10.1. The SMILES string of the molecule is CCc1cccc(C)c1NC(=O)c1cc(F)ccc1OC. The van der Waals surface area contributed by atoms with Gasteiger partial charge >= 0.3 is 0 Å². The van der Waals surface area contributed by atoms with Crippen molar-refractivity contribution >= 4 is 11.6 Å². The molecule has 21 heavy (non-hydrogen) atoms. The summed E-state index contributed by atoms with van der Waals surface area (Å²) in [5.74, 6) is -0.502. The standard InChI is InChI=1S/C17H18FNO2/c1-4-12-7-5-6-11(2)16(12)19-17(20)14-10-13(18)8-9-15(14)21-3/h5-10H,4H2,1-3H3,(H,19,20). The van der Waals surface area contributed by atoms with E-state index in [0.29, 0.717) is 5.75 Å². The zero-order valence-corrected chi connectivity index (χ0v) is 12.4. The summed E-state index contributed by atoms with van der Waals surface area (Å²) in [4.78, 5) is 12.4. The number of halogens is 1. The summed E-state index contributed by atoms with van der Waals surface area (Å²) in [6.45, 7) is 3.95. The van der Waals surface area contributed by atoms with Crippen molar-refractivity contribution in [3.05, 3.63) is 58.9 Å². The fourth-order valence-electron chi connectivity index (χ4n) is 2.24. The molecule has 2 rings (SSSR count). The van der Waals surface area contributed by atoms with E-state index < -0.39 is 5.82 Å². The van der Waals surface area contributed by atoms with Crippen LogP contribution in [-0.4, -0.2) is 13.0 Å². The summed E-state index contributed by atoms with van der Waals surface area (Å²) in [6, 6.07) is 9.73. The number of carbonyl (C=O) groups is 1. The monoisotopic (exact) mass is 287 g/mol. The topological polar surface area (TPSA) is 38.3 Å². The van der Waals surface area contributed by atoms with Gasteiger partial charge in [0.25, 0.3) is 5.91 Å². The Morgan fingerprint density at radius 2 is 2.05 bits per heavy atom. The molecule has 0 saturated carbocycles. The van der Waals surface area contributed by atoms with E-state index in [1.54, 1.807) is 0 Å². The van der Waals surface area contributed by atoms with Gasteiger partial charge in [-0.05, 0) is 42.7 Å². The molecule has 2 aromatic rings. The Balaban J connectivity index is 2.37. The van der Waals surface area contributed by atoms with Crippen LogP contribution in [0.15, 0.2) is 36.4 Å². The molecule has 0 unspecified atom stereocenters. The zero-order chi connectivity index (χ0) is 15.4. The number of benzene rings is 2. The molecule has 0 atom stereocenters. The molecule has 2 aromatic carbocycles. The van der Waals surface area contributed by atoms with Gasteiger partial charge in [0.05, 0.1) is 12.7 Å². The molecule has 0 aliphatic rings. The number of methoxy groups -OCH3 is 1. The fraction of sp³-hybridized carbons (Fsp3) is 0.235. The van der Waals surface area contributed by atoms with Gasteiger partial charge in [0.2, 0.25) is 0 Å². The zero-order valence-electron chi connectivity index (χ0n) is 12.4. The smallest absolute Gasteiger partial charge is 0.259 e. The Hall–Kier alpha value is -2.36. The largest absolute Gasteiger partial charge is 0.496 e. The second kappa shape index (κ2) is 6.39. The van der Waals surface area contributed by atoms with Crippen LogP contribution in [0.25, 0.3) is 0 Å². The molecule has 1 amide bonds. The minimum Gasteiger partial charge on any atom is -0.496 e. The highest BCUT2D eigenvalue weighted by Crippen LogP contribution is 2.25. The molecule has 0 aliphatic heterocycles. The minimum atomic E-state index is -0.471. The van der Waals surface area contributed by atoms with Gasteiger partial charge < -0.3 is 10.1 Å². The number of carbonyl (C=O) groups excluding carboxylic acids is 1. The summed E-state index contributed by atoms with van der Waals surface area (Å²) in [5, 5.41) is 2.86. The molecule has 0 fully saturated rings. The third-order valence-corrected chi connectivity index (χ3v) is 3.38. The van der Waals surface area contributed by atoms with E-state index in [0.717, 1.165) is 23.2 Å². The first kappa shape index (κ1) is 15.0. The molecule has 0 radical (unpaired) electrons. The Morgan fingerprint density at radius 1 is 1.29 bits per heavy atom. The van der Waals surface area contributed by atoms with Crippen LogP contribution in [0.1, 0.15) is 28.4 Å². The summed E-state index contributed by atoms with van der Waals surface area (Å²) in [5.41, 5.74) is 2.97. The maximum Gasteiger partial charge on any atom is 0.259 e. The minimum absolute atomic E-state index is 0.183. The van der Waals surface area contributed by atoms with Gasteiger partial charge in [-0.2, -0.15) is 0 Å². The van der Waals surface area contributed by atoms with E-state index in [1.807, 2.05) is 32.0 Å². The number of amides is 1. The highest BCUT2D eigenvalue weighted by Gasteiger charge is 2.15. The molecule has 1 N–H and O–H groups in total. The Kier molecular flexibility index (Phi) is 4.58. The lowest BCUT2D eigenvalue weighted by Crippen LogP contribution is -2.15. The van der Waals surface area contributed by atoms with Gasteiger partial charge in [-0.25, -0.2) is 4.39 Å². The normalized spacial score (nSPS) is 10.3. The maximum absolute atomic E-state index is 13.4. The molecule has 3 nitrogen and oxygen atoms in total.